The van der Waals surface area contributed by atoms with Gasteiger partial charge in [0.1, 0.15) is 0 Å². The van der Waals surface area contributed by atoms with E-state index in [0.29, 0.717) is 32.0 Å². The molecule has 1 aliphatic rings. The molecule has 174 valence electrons. The second kappa shape index (κ2) is 10.2. The second-order valence-corrected chi connectivity index (χ2v) is 10.7. The number of halogens is 5. The highest BCUT2D eigenvalue weighted by atomic mass is 35.5. The first-order valence-corrected chi connectivity index (χ1v) is 12.9. The van der Waals surface area contributed by atoms with Crippen LogP contribution in [0.25, 0.3) is 0 Å². The minimum atomic E-state index is -4.96. The van der Waals surface area contributed by atoms with E-state index in [9.17, 15) is 26.4 Å². The van der Waals surface area contributed by atoms with E-state index in [1.807, 2.05) is 0 Å². The fourth-order valence-corrected chi connectivity index (χ4v) is 6.04. The minimum absolute atomic E-state index is 0.0586. The molecule has 1 amide bonds. The van der Waals surface area contributed by atoms with Crippen molar-refractivity contribution in [2.75, 3.05) is 18.8 Å². The smallest absolute Gasteiger partial charge is 0.330 e. The maximum Gasteiger partial charge on any atom is 0.471 e. The van der Waals surface area contributed by atoms with Crippen molar-refractivity contribution in [1.82, 2.24) is 9.62 Å². The van der Waals surface area contributed by atoms with Crippen LogP contribution in [0.3, 0.4) is 0 Å². The maximum absolute atomic E-state index is 12.7. The summed E-state index contributed by atoms with van der Waals surface area (Å²) in [6.45, 7) is -0.210. The summed E-state index contributed by atoms with van der Waals surface area (Å²) >= 11 is 13.7. The van der Waals surface area contributed by atoms with Gasteiger partial charge in [0.15, 0.2) is 0 Å². The lowest BCUT2D eigenvalue weighted by Crippen LogP contribution is -2.43. The number of fused-ring (bicyclic) bond motifs is 1. The van der Waals surface area contributed by atoms with Crippen molar-refractivity contribution >= 4 is 50.9 Å². The Morgan fingerprint density at radius 3 is 2.47 bits per heavy atom. The Morgan fingerprint density at radius 1 is 1.12 bits per heavy atom. The highest BCUT2D eigenvalue weighted by molar-refractivity contribution is 7.98. The van der Waals surface area contributed by atoms with Crippen LogP contribution in [0, 0.1) is 0 Å². The number of alkyl halides is 3. The molecule has 1 N–H and O–H groups in total. The van der Waals surface area contributed by atoms with Gasteiger partial charge in [-0.25, -0.2) is 13.1 Å². The lowest BCUT2D eigenvalue weighted by Gasteiger charge is -2.29. The second-order valence-electron chi connectivity index (χ2n) is 7.06. The highest BCUT2D eigenvalue weighted by Crippen LogP contribution is 2.29. The van der Waals surface area contributed by atoms with Crippen LogP contribution < -0.4 is 4.72 Å². The topological polar surface area (TPSA) is 66.5 Å². The van der Waals surface area contributed by atoms with Crippen LogP contribution in [-0.2, 0) is 33.5 Å². The average Bonchev–Trinajstić information content (AvgIpc) is 2.73. The van der Waals surface area contributed by atoms with Crippen LogP contribution in [0.1, 0.15) is 16.7 Å². The van der Waals surface area contributed by atoms with Gasteiger partial charge in [0.2, 0.25) is 10.0 Å². The van der Waals surface area contributed by atoms with Crippen molar-refractivity contribution in [3.8, 4) is 0 Å². The number of carbonyl (C=O) groups is 1. The Bertz CT molecular complexity index is 1090. The zero-order chi connectivity index (χ0) is 23.5. The quantitative estimate of drug-likeness (QED) is 0.533. The molecule has 1 heterocycles. The summed E-state index contributed by atoms with van der Waals surface area (Å²) in [5.41, 5.74) is 1.89. The van der Waals surface area contributed by atoms with E-state index in [1.165, 1.54) is 23.9 Å². The van der Waals surface area contributed by atoms with Gasteiger partial charge in [0.25, 0.3) is 0 Å². The molecule has 2 aromatic rings. The molecule has 12 heteroatoms. The fourth-order valence-electron chi connectivity index (χ4n) is 3.23. The summed E-state index contributed by atoms with van der Waals surface area (Å²) < 4.78 is 65.9. The van der Waals surface area contributed by atoms with Crippen molar-refractivity contribution in [3.05, 3.63) is 63.1 Å². The third-order valence-corrected chi connectivity index (χ3v) is 8.03. The summed E-state index contributed by atoms with van der Waals surface area (Å²) in [6, 6.07) is 9.51. The number of nitrogens with one attached hydrogen (secondary N) is 1. The molecular weight excluding hydrogens is 508 g/mol. The molecule has 0 unspecified atom stereocenters. The Balaban J connectivity index is 1.59. The van der Waals surface area contributed by atoms with Gasteiger partial charge < -0.3 is 4.90 Å². The molecular formula is C20H19Cl2F3N2O3S2. The lowest BCUT2D eigenvalue weighted by molar-refractivity contribution is -0.186. The zero-order valence-corrected chi connectivity index (χ0v) is 19.7. The zero-order valence-electron chi connectivity index (χ0n) is 16.6. The average molecular weight is 527 g/mol. The van der Waals surface area contributed by atoms with Crippen LogP contribution in [-0.4, -0.2) is 44.2 Å². The van der Waals surface area contributed by atoms with E-state index in [-0.39, 0.29) is 31.0 Å². The standard InChI is InChI=1S/C20H19Cl2F3N2O3S2/c21-17-2-1-3-18(22)16(17)12-31-9-7-26-32(29,30)15-5-4-13-6-8-27(11-14(13)10-15)19(28)20(23,24)25/h1-5,10,26H,6-9,11-12H2. The van der Waals surface area contributed by atoms with E-state index in [2.05, 4.69) is 4.72 Å². The summed E-state index contributed by atoms with van der Waals surface area (Å²) in [6.07, 6.45) is -4.74. The van der Waals surface area contributed by atoms with E-state index in [0.717, 1.165) is 11.1 Å². The number of hydrogen-bond acceptors (Lipinski definition) is 4. The first kappa shape index (κ1) is 25.2. The molecule has 2 aromatic carbocycles. The van der Waals surface area contributed by atoms with Crippen LogP contribution in [0.15, 0.2) is 41.3 Å². The Hall–Kier alpha value is -1.46. The van der Waals surface area contributed by atoms with Crippen LogP contribution >= 0.6 is 35.0 Å². The summed E-state index contributed by atoms with van der Waals surface area (Å²) in [5.74, 6) is -0.952. The first-order valence-electron chi connectivity index (χ1n) is 9.47. The predicted molar refractivity (Wildman–Crippen MR) is 119 cm³/mol. The molecule has 0 atom stereocenters. The van der Waals surface area contributed by atoms with Crippen molar-refractivity contribution in [3.63, 3.8) is 0 Å². The van der Waals surface area contributed by atoms with E-state index in [1.54, 1.807) is 24.3 Å². The number of carbonyl (C=O) groups excluding carboxylic acids is 1. The molecule has 0 bridgehead atoms. The minimum Gasteiger partial charge on any atom is -0.330 e. The number of rotatable bonds is 7. The fraction of sp³-hybridized carbons (Fsp3) is 0.350. The van der Waals surface area contributed by atoms with Crippen LogP contribution in [0.2, 0.25) is 10.0 Å². The number of nitrogens with zero attached hydrogens (tertiary/aromatic N) is 1. The van der Waals surface area contributed by atoms with Crippen LogP contribution in [0.4, 0.5) is 13.2 Å². The molecule has 0 spiro atoms. The molecule has 0 saturated heterocycles. The summed E-state index contributed by atoms with van der Waals surface area (Å²) in [7, 11) is -3.86. The first-order chi connectivity index (χ1) is 15.0. The van der Waals surface area contributed by atoms with Gasteiger partial charge in [-0.3, -0.25) is 4.79 Å². The van der Waals surface area contributed by atoms with Gasteiger partial charge in [-0.2, -0.15) is 24.9 Å². The number of sulfonamides is 1. The number of benzene rings is 2. The molecule has 3 rings (SSSR count). The largest absolute Gasteiger partial charge is 0.471 e. The van der Waals surface area contributed by atoms with Gasteiger partial charge in [0, 0.05) is 41.2 Å². The van der Waals surface area contributed by atoms with E-state index in [4.69, 9.17) is 23.2 Å². The molecule has 0 saturated carbocycles. The maximum atomic E-state index is 12.7. The monoisotopic (exact) mass is 526 g/mol. The van der Waals surface area contributed by atoms with E-state index < -0.39 is 22.1 Å². The van der Waals surface area contributed by atoms with Crippen molar-refractivity contribution in [1.29, 1.82) is 0 Å². The Kier molecular flexibility index (Phi) is 8.03. The van der Waals surface area contributed by atoms with E-state index >= 15 is 0 Å². The lowest BCUT2D eigenvalue weighted by atomic mass is 10.00. The molecule has 5 nitrogen and oxygen atoms in total. The van der Waals surface area contributed by atoms with Crippen molar-refractivity contribution < 1.29 is 26.4 Å². The van der Waals surface area contributed by atoms with Gasteiger partial charge >= 0.3 is 12.1 Å². The number of thioether (sulfide) groups is 1. The molecule has 1 aliphatic heterocycles. The molecule has 32 heavy (non-hydrogen) atoms. The Labute approximate surface area is 198 Å². The highest BCUT2D eigenvalue weighted by Gasteiger charge is 2.43. The molecule has 0 radical (unpaired) electrons. The molecule has 0 aliphatic carbocycles. The Morgan fingerprint density at radius 2 is 1.81 bits per heavy atom. The SMILES string of the molecule is O=C(N1CCc2ccc(S(=O)(=O)NCCSCc3c(Cl)cccc3Cl)cc2C1)C(F)(F)F. The number of amides is 1. The number of hydrogen-bond donors (Lipinski definition) is 1. The van der Waals surface area contributed by atoms with Crippen LogP contribution in [0.5, 0.6) is 0 Å². The van der Waals surface area contributed by atoms with Gasteiger partial charge in [-0.05, 0) is 47.4 Å². The molecule has 0 fully saturated rings. The third-order valence-electron chi connectivity index (χ3n) is 4.88. The normalized spacial score (nSPS) is 14.3. The van der Waals surface area contributed by atoms with Crippen molar-refractivity contribution in [2.45, 2.75) is 29.8 Å². The predicted octanol–water partition coefficient (Wildman–Crippen LogP) is 4.65. The molecule has 0 aromatic heterocycles. The van der Waals surface area contributed by atoms with Gasteiger partial charge in [-0.15, -0.1) is 0 Å². The summed E-state index contributed by atoms with van der Waals surface area (Å²) in [4.78, 5) is 12.1. The van der Waals surface area contributed by atoms with Gasteiger partial charge in [0.05, 0.1) is 4.90 Å². The van der Waals surface area contributed by atoms with Crippen molar-refractivity contribution in [2.24, 2.45) is 0 Å². The van der Waals surface area contributed by atoms with Gasteiger partial charge in [-0.1, -0.05) is 35.3 Å². The third kappa shape index (κ3) is 6.11. The summed E-state index contributed by atoms with van der Waals surface area (Å²) in [5, 5.41) is 1.08.